The van der Waals surface area contributed by atoms with E-state index in [1.165, 1.54) is 0 Å². The van der Waals surface area contributed by atoms with Crippen molar-refractivity contribution >= 4 is 39.4 Å². The van der Waals surface area contributed by atoms with Crippen LogP contribution in [0.25, 0.3) is 6.08 Å². The Labute approximate surface area is 176 Å². The van der Waals surface area contributed by atoms with Gasteiger partial charge in [-0.3, -0.25) is 4.79 Å². The maximum Gasteiger partial charge on any atom is 0.232 e. The van der Waals surface area contributed by atoms with Crippen LogP contribution in [0.4, 0.5) is 0 Å². The fraction of sp³-hybridized carbons (Fsp3) is 0.0870. The van der Waals surface area contributed by atoms with E-state index in [4.69, 9.17) is 21.1 Å². The first-order valence-electron chi connectivity index (χ1n) is 8.72. The lowest BCUT2D eigenvalue weighted by Gasteiger charge is -2.10. The van der Waals surface area contributed by atoms with Gasteiger partial charge in [-0.1, -0.05) is 57.9 Å². The number of halogens is 2. The highest BCUT2D eigenvalue weighted by molar-refractivity contribution is 9.10. The molecule has 0 aromatic heterocycles. The first-order chi connectivity index (χ1) is 13.5. The Hall–Kier alpha value is -2.56. The van der Waals surface area contributed by atoms with E-state index >= 15 is 0 Å². The van der Waals surface area contributed by atoms with Crippen molar-refractivity contribution in [3.8, 4) is 11.5 Å². The van der Waals surface area contributed by atoms with Crippen LogP contribution in [0.15, 0.2) is 70.9 Å². The highest BCUT2D eigenvalue weighted by atomic mass is 79.9. The lowest BCUT2D eigenvalue weighted by Crippen LogP contribution is -2.00. The fourth-order valence-electron chi connectivity index (χ4n) is 3.05. The number of fused-ring (bicyclic) bond motifs is 1. The summed E-state index contributed by atoms with van der Waals surface area (Å²) in [6.07, 6.45) is 1.75. The number of carbonyl (C=O) groups is 1. The van der Waals surface area contributed by atoms with Crippen LogP contribution in [0.5, 0.6) is 11.5 Å². The van der Waals surface area contributed by atoms with Crippen molar-refractivity contribution in [2.24, 2.45) is 0 Å². The first kappa shape index (κ1) is 18.8. The van der Waals surface area contributed by atoms with Crippen LogP contribution >= 0.6 is 27.5 Å². The van der Waals surface area contributed by atoms with E-state index in [1.54, 1.807) is 12.1 Å². The summed E-state index contributed by atoms with van der Waals surface area (Å²) < 4.78 is 12.7. The van der Waals surface area contributed by atoms with Gasteiger partial charge in [0.05, 0.1) is 5.56 Å². The predicted molar refractivity (Wildman–Crippen MR) is 114 cm³/mol. The number of allylic oxidation sites excluding steroid dienone is 1. The van der Waals surface area contributed by atoms with E-state index in [2.05, 4.69) is 15.9 Å². The molecule has 0 bridgehead atoms. The van der Waals surface area contributed by atoms with E-state index in [0.717, 1.165) is 21.2 Å². The minimum Gasteiger partial charge on any atom is -0.489 e. The molecule has 1 aliphatic heterocycles. The number of hydrogen-bond donors (Lipinski definition) is 0. The van der Waals surface area contributed by atoms with E-state index < -0.39 is 0 Å². The van der Waals surface area contributed by atoms with Crippen LogP contribution in [0.3, 0.4) is 0 Å². The molecule has 0 spiro atoms. The van der Waals surface area contributed by atoms with Crippen LogP contribution in [0.1, 0.15) is 27.0 Å². The molecule has 4 rings (SSSR count). The molecule has 0 unspecified atom stereocenters. The summed E-state index contributed by atoms with van der Waals surface area (Å²) in [6, 6.07) is 18.8. The molecule has 140 valence electrons. The van der Waals surface area contributed by atoms with E-state index in [9.17, 15) is 4.79 Å². The van der Waals surface area contributed by atoms with Crippen LogP contribution in [-0.4, -0.2) is 5.78 Å². The summed E-state index contributed by atoms with van der Waals surface area (Å²) in [4.78, 5) is 12.8. The smallest absolute Gasteiger partial charge is 0.232 e. The topological polar surface area (TPSA) is 35.5 Å². The lowest BCUT2D eigenvalue weighted by atomic mass is 10.0. The van der Waals surface area contributed by atoms with Gasteiger partial charge < -0.3 is 9.47 Å². The van der Waals surface area contributed by atoms with Crippen molar-refractivity contribution in [2.75, 3.05) is 0 Å². The molecule has 5 heteroatoms. The summed E-state index contributed by atoms with van der Waals surface area (Å²) in [5.74, 6) is 1.34. The number of ether oxygens (including phenoxy) is 2. The van der Waals surface area contributed by atoms with Crippen molar-refractivity contribution in [3.63, 3.8) is 0 Å². The van der Waals surface area contributed by atoms with E-state index in [-0.39, 0.29) is 5.78 Å². The Morgan fingerprint density at radius 2 is 1.86 bits per heavy atom. The SMILES string of the molecule is Cc1cc(OCc2ccccc2Cl)cc2c1C(=O)/C(=C/c1ccc(Br)cc1)O2. The molecular formula is C23H16BrClO3. The number of carbonyl (C=O) groups excluding carboxylic acids is 1. The molecular weight excluding hydrogens is 440 g/mol. The molecule has 3 aromatic carbocycles. The van der Waals surface area contributed by atoms with Crippen molar-refractivity contribution in [1.82, 2.24) is 0 Å². The first-order valence-corrected chi connectivity index (χ1v) is 9.89. The second-order valence-electron chi connectivity index (χ2n) is 6.48. The minimum absolute atomic E-state index is 0.118. The normalized spacial score (nSPS) is 14.1. The van der Waals surface area contributed by atoms with Gasteiger partial charge in [0.25, 0.3) is 0 Å². The zero-order chi connectivity index (χ0) is 19.7. The van der Waals surface area contributed by atoms with Crippen LogP contribution in [0.2, 0.25) is 5.02 Å². The molecule has 0 aliphatic carbocycles. The number of rotatable bonds is 4. The standard InChI is InChI=1S/C23H16BrClO3/c1-14-10-18(27-13-16-4-2-3-5-19(16)25)12-20-22(14)23(26)21(28-20)11-15-6-8-17(24)9-7-15/h2-12H,13H2,1H3/b21-11-. The van der Waals surface area contributed by atoms with Crippen molar-refractivity contribution < 1.29 is 14.3 Å². The van der Waals surface area contributed by atoms with Crippen LogP contribution in [-0.2, 0) is 6.61 Å². The van der Waals surface area contributed by atoms with E-state index in [0.29, 0.717) is 34.5 Å². The number of hydrogen-bond acceptors (Lipinski definition) is 3. The molecule has 0 fully saturated rings. The molecule has 3 aromatic rings. The highest BCUT2D eigenvalue weighted by Gasteiger charge is 2.30. The Bertz CT molecular complexity index is 1090. The molecule has 0 atom stereocenters. The minimum atomic E-state index is -0.118. The summed E-state index contributed by atoms with van der Waals surface area (Å²) in [7, 11) is 0. The number of aryl methyl sites for hydroxylation is 1. The van der Waals surface area contributed by atoms with Gasteiger partial charge in [-0.2, -0.15) is 0 Å². The average molecular weight is 456 g/mol. The second kappa shape index (κ2) is 7.82. The molecule has 0 saturated carbocycles. The molecule has 0 amide bonds. The Balaban J connectivity index is 1.57. The summed E-state index contributed by atoms with van der Waals surface area (Å²) >= 11 is 9.59. The summed E-state index contributed by atoms with van der Waals surface area (Å²) in [5, 5.41) is 0.659. The highest BCUT2D eigenvalue weighted by Crippen LogP contribution is 2.38. The number of Topliss-reactive ketones (excluding diaryl/α,β-unsaturated/α-hetero) is 1. The summed E-state index contributed by atoms with van der Waals surface area (Å²) in [5.41, 5.74) is 3.19. The van der Waals surface area contributed by atoms with E-state index in [1.807, 2.05) is 61.5 Å². The number of benzene rings is 3. The summed E-state index contributed by atoms with van der Waals surface area (Å²) in [6.45, 7) is 2.22. The van der Waals surface area contributed by atoms with Gasteiger partial charge >= 0.3 is 0 Å². The van der Waals surface area contributed by atoms with Gasteiger partial charge in [0.2, 0.25) is 5.78 Å². The Kier molecular flexibility index (Phi) is 5.25. The lowest BCUT2D eigenvalue weighted by molar-refractivity contribution is 0.101. The maximum atomic E-state index is 12.8. The molecule has 0 radical (unpaired) electrons. The van der Waals surface area contributed by atoms with Gasteiger partial charge in [0.1, 0.15) is 18.1 Å². The molecule has 28 heavy (non-hydrogen) atoms. The molecule has 1 aliphatic rings. The van der Waals surface area contributed by atoms with Crippen molar-refractivity contribution in [1.29, 1.82) is 0 Å². The second-order valence-corrected chi connectivity index (χ2v) is 7.81. The Morgan fingerprint density at radius 3 is 2.61 bits per heavy atom. The zero-order valence-corrected chi connectivity index (χ0v) is 17.4. The third-order valence-corrected chi connectivity index (χ3v) is 5.36. The van der Waals surface area contributed by atoms with Crippen LogP contribution in [0, 0.1) is 6.92 Å². The van der Waals surface area contributed by atoms with Gasteiger partial charge in [0, 0.05) is 21.1 Å². The molecule has 3 nitrogen and oxygen atoms in total. The third kappa shape index (κ3) is 3.84. The number of ketones is 1. The largest absolute Gasteiger partial charge is 0.489 e. The van der Waals surface area contributed by atoms with Gasteiger partial charge in [-0.25, -0.2) is 0 Å². The molecule has 0 N–H and O–H groups in total. The molecule has 0 saturated heterocycles. The Morgan fingerprint density at radius 1 is 1.11 bits per heavy atom. The maximum absolute atomic E-state index is 12.8. The molecule has 1 heterocycles. The predicted octanol–water partition coefficient (Wildman–Crippen LogP) is 6.61. The zero-order valence-electron chi connectivity index (χ0n) is 15.0. The van der Waals surface area contributed by atoms with Crippen molar-refractivity contribution in [2.45, 2.75) is 13.5 Å². The van der Waals surface area contributed by atoms with Crippen molar-refractivity contribution in [3.05, 3.63) is 98.2 Å². The van der Waals surface area contributed by atoms with Crippen LogP contribution < -0.4 is 9.47 Å². The fourth-order valence-corrected chi connectivity index (χ4v) is 3.50. The van der Waals surface area contributed by atoms with Gasteiger partial charge in [0.15, 0.2) is 5.76 Å². The average Bonchev–Trinajstić information content (AvgIpc) is 2.99. The quantitative estimate of drug-likeness (QED) is 0.415. The third-order valence-electron chi connectivity index (χ3n) is 4.46. The monoisotopic (exact) mass is 454 g/mol. The van der Waals surface area contributed by atoms with Gasteiger partial charge in [-0.15, -0.1) is 0 Å². The van der Waals surface area contributed by atoms with Gasteiger partial charge in [-0.05, 0) is 48.4 Å².